The van der Waals surface area contributed by atoms with Gasteiger partial charge in [0.25, 0.3) is 5.91 Å². The van der Waals surface area contributed by atoms with Gasteiger partial charge in [0.2, 0.25) is 9.84 Å². The summed E-state index contributed by atoms with van der Waals surface area (Å²) in [7, 11) is -4.11. The molecule has 2 aliphatic rings. The number of sulfone groups is 1. The molecule has 0 atom stereocenters. The normalized spacial score (nSPS) is 17.9. The van der Waals surface area contributed by atoms with Gasteiger partial charge in [0.1, 0.15) is 5.82 Å². The molecule has 29 heavy (non-hydrogen) atoms. The first kappa shape index (κ1) is 19.2. The van der Waals surface area contributed by atoms with E-state index in [0.29, 0.717) is 24.3 Å². The van der Waals surface area contributed by atoms with Gasteiger partial charge in [-0.1, -0.05) is 6.07 Å². The lowest BCUT2D eigenvalue weighted by Crippen LogP contribution is -2.39. The number of rotatable bonds is 2. The molecule has 0 bridgehead atoms. The number of halogens is 1. The number of carbonyl (C=O) groups excluding carboxylic acids is 1. The summed E-state index contributed by atoms with van der Waals surface area (Å²) in [6, 6.07) is 11.9. The van der Waals surface area contributed by atoms with E-state index >= 15 is 0 Å². The topological polar surface area (TPSA) is 81.5 Å². The van der Waals surface area contributed by atoms with Crippen LogP contribution in [0.5, 0.6) is 0 Å². The maximum Gasteiger partial charge on any atom is 0.267 e. The van der Waals surface area contributed by atoms with Gasteiger partial charge in [-0.15, -0.1) is 0 Å². The number of nitriles is 1. The zero-order chi connectivity index (χ0) is 20.6. The zero-order valence-electron chi connectivity index (χ0n) is 15.5. The summed E-state index contributed by atoms with van der Waals surface area (Å²) in [5.41, 5.74) is 0.941. The highest BCUT2D eigenvalue weighted by molar-refractivity contribution is 7.96. The molecular weight excluding hydrogens is 393 g/mol. The molecule has 0 aromatic heterocycles. The summed E-state index contributed by atoms with van der Waals surface area (Å²) >= 11 is 0. The Morgan fingerprint density at radius 2 is 1.83 bits per heavy atom. The number of hydrogen-bond donors (Lipinski definition) is 0. The minimum Gasteiger partial charge on any atom is -0.338 e. The van der Waals surface area contributed by atoms with E-state index in [0.717, 1.165) is 31.4 Å². The Bertz CT molecular complexity index is 1160. The third-order valence-corrected chi connectivity index (χ3v) is 6.90. The van der Waals surface area contributed by atoms with E-state index in [2.05, 4.69) is 0 Å². The Balaban J connectivity index is 1.89. The van der Waals surface area contributed by atoms with E-state index in [-0.39, 0.29) is 15.5 Å². The van der Waals surface area contributed by atoms with Crippen molar-refractivity contribution < 1.29 is 17.6 Å². The van der Waals surface area contributed by atoms with Gasteiger partial charge >= 0.3 is 0 Å². The molecule has 2 heterocycles. The molecule has 1 amide bonds. The number of amides is 1. The number of carbonyl (C=O) groups is 1. The number of anilines is 2. The highest BCUT2D eigenvalue weighted by Crippen LogP contribution is 2.40. The van der Waals surface area contributed by atoms with E-state index in [1.165, 1.54) is 17.2 Å². The summed E-state index contributed by atoms with van der Waals surface area (Å²) in [6.07, 6.45) is 3.90. The Morgan fingerprint density at radius 1 is 1.07 bits per heavy atom. The standard InChI is InChI=1S/C21H18FN3O3S/c22-16-7-8-19-18(12-16)25(17-6-4-5-15(11-17)13-23)14-20(29(19,27)28)21(26)24-9-2-1-3-10-24/h4-8,11-12,14H,1-3,9-10H2. The number of nitrogens with zero attached hydrogens (tertiary/aromatic N) is 3. The van der Waals surface area contributed by atoms with Crippen molar-refractivity contribution in [2.24, 2.45) is 0 Å². The summed E-state index contributed by atoms with van der Waals surface area (Å²) in [4.78, 5) is 15.6. The number of likely N-dealkylation sites (tertiary alicyclic amines) is 1. The van der Waals surface area contributed by atoms with Crippen LogP contribution in [0.1, 0.15) is 24.8 Å². The van der Waals surface area contributed by atoms with E-state index in [1.54, 1.807) is 29.2 Å². The maximum absolute atomic E-state index is 14.0. The average molecular weight is 411 g/mol. The van der Waals surface area contributed by atoms with E-state index < -0.39 is 21.6 Å². The molecule has 6 nitrogen and oxygen atoms in total. The zero-order valence-corrected chi connectivity index (χ0v) is 16.3. The van der Waals surface area contributed by atoms with Crippen molar-refractivity contribution in [2.75, 3.05) is 18.0 Å². The fourth-order valence-electron chi connectivity index (χ4n) is 3.64. The summed E-state index contributed by atoms with van der Waals surface area (Å²) in [5.74, 6) is -1.15. The van der Waals surface area contributed by atoms with Crippen molar-refractivity contribution in [3.8, 4) is 6.07 Å². The molecule has 0 unspecified atom stereocenters. The first-order valence-electron chi connectivity index (χ1n) is 9.27. The predicted octanol–water partition coefficient (Wildman–Crippen LogP) is 3.48. The lowest BCUT2D eigenvalue weighted by molar-refractivity contribution is -0.127. The predicted molar refractivity (Wildman–Crippen MR) is 105 cm³/mol. The molecule has 4 rings (SSSR count). The van der Waals surface area contributed by atoms with Gasteiger partial charge in [-0.25, -0.2) is 12.8 Å². The van der Waals surface area contributed by atoms with Crippen LogP contribution in [0.3, 0.4) is 0 Å². The molecule has 2 aliphatic heterocycles. The molecule has 1 saturated heterocycles. The third-order valence-electron chi connectivity index (χ3n) is 5.11. The van der Waals surface area contributed by atoms with Crippen molar-refractivity contribution in [3.05, 3.63) is 65.0 Å². The second-order valence-electron chi connectivity index (χ2n) is 6.99. The molecule has 148 valence electrons. The Kier molecular flexibility index (Phi) is 4.84. The van der Waals surface area contributed by atoms with Crippen LogP contribution in [0.25, 0.3) is 0 Å². The number of hydrogen-bond acceptors (Lipinski definition) is 5. The lowest BCUT2D eigenvalue weighted by atomic mass is 10.1. The van der Waals surface area contributed by atoms with Crippen LogP contribution in [-0.4, -0.2) is 32.3 Å². The average Bonchev–Trinajstić information content (AvgIpc) is 2.74. The molecule has 2 aromatic carbocycles. The van der Waals surface area contributed by atoms with Crippen molar-refractivity contribution in [1.29, 1.82) is 5.26 Å². The number of benzene rings is 2. The summed E-state index contributed by atoms with van der Waals surface area (Å²) in [6.45, 7) is 1.01. The first-order valence-corrected chi connectivity index (χ1v) is 10.8. The fourth-order valence-corrected chi connectivity index (χ4v) is 5.16. The smallest absolute Gasteiger partial charge is 0.267 e. The van der Waals surface area contributed by atoms with Gasteiger partial charge in [-0.3, -0.25) is 4.79 Å². The van der Waals surface area contributed by atoms with Gasteiger partial charge in [0.05, 0.1) is 22.2 Å². The largest absolute Gasteiger partial charge is 0.338 e. The third kappa shape index (κ3) is 3.38. The summed E-state index contributed by atoms with van der Waals surface area (Å²) < 4.78 is 40.3. The quantitative estimate of drug-likeness (QED) is 0.707. The van der Waals surface area contributed by atoms with Gasteiger partial charge < -0.3 is 9.80 Å². The van der Waals surface area contributed by atoms with Crippen molar-refractivity contribution in [1.82, 2.24) is 4.90 Å². The molecule has 0 aliphatic carbocycles. The number of fused-ring (bicyclic) bond motifs is 1. The van der Waals surface area contributed by atoms with Gasteiger partial charge in [-0.2, -0.15) is 5.26 Å². The highest BCUT2D eigenvalue weighted by Gasteiger charge is 2.38. The molecule has 0 spiro atoms. The van der Waals surface area contributed by atoms with Crippen LogP contribution < -0.4 is 4.90 Å². The molecular formula is C21H18FN3O3S. The minimum absolute atomic E-state index is 0.107. The van der Waals surface area contributed by atoms with Crippen LogP contribution in [-0.2, 0) is 14.6 Å². The van der Waals surface area contributed by atoms with Crippen LogP contribution in [0, 0.1) is 17.1 Å². The van der Waals surface area contributed by atoms with Crippen LogP contribution in [0.2, 0.25) is 0 Å². The lowest BCUT2D eigenvalue weighted by Gasteiger charge is -2.32. The van der Waals surface area contributed by atoms with Crippen molar-refractivity contribution >= 4 is 27.1 Å². The summed E-state index contributed by atoms with van der Waals surface area (Å²) in [5, 5.41) is 9.19. The van der Waals surface area contributed by atoms with Gasteiger partial charge in [0, 0.05) is 25.0 Å². The Labute approximate surface area is 168 Å². The molecule has 0 saturated carbocycles. The SMILES string of the molecule is N#Cc1cccc(N2C=C(C(=O)N3CCCCC3)S(=O)(=O)c3ccc(F)cc32)c1. The van der Waals surface area contributed by atoms with E-state index in [1.807, 2.05) is 6.07 Å². The van der Waals surface area contributed by atoms with Crippen LogP contribution >= 0.6 is 0 Å². The number of piperidine rings is 1. The van der Waals surface area contributed by atoms with Crippen molar-refractivity contribution in [3.63, 3.8) is 0 Å². The van der Waals surface area contributed by atoms with Crippen LogP contribution in [0.15, 0.2) is 58.5 Å². The maximum atomic E-state index is 14.0. The first-order chi connectivity index (χ1) is 13.9. The highest BCUT2D eigenvalue weighted by atomic mass is 32.2. The van der Waals surface area contributed by atoms with E-state index in [4.69, 9.17) is 0 Å². The Hall–Kier alpha value is -3.18. The monoisotopic (exact) mass is 411 g/mol. The fraction of sp³-hybridized carbons (Fsp3) is 0.238. The molecule has 0 N–H and O–H groups in total. The molecule has 0 radical (unpaired) electrons. The second kappa shape index (κ2) is 7.33. The van der Waals surface area contributed by atoms with Crippen molar-refractivity contribution in [2.45, 2.75) is 24.2 Å². The Morgan fingerprint density at radius 3 is 2.55 bits per heavy atom. The van der Waals surface area contributed by atoms with Crippen LogP contribution in [0.4, 0.5) is 15.8 Å². The van der Waals surface area contributed by atoms with E-state index in [9.17, 15) is 22.9 Å². The minimum atomic E-state index is -4.11. The second-order valence-corrected chi connectivity index (χ2v) is 8.88. The van der Waals surface area contributed by atoms with Gasteiger partial charge in [-0.05, 0) is 55.7 Å². The molecule has 8 heteroatoms. The molecule has 1 fully saturated rings. The van der Waals surface area contributed by atoms with Gasteiger partial charge in [0.15, 0.2) is 4.91 Å². The molecule has 2 aromatic rings.